The third-order valence-corrected chi connectivity index (χ3v) is 1.77. The van der Waals surface area contributed by atoms with Crippen molar-refractivity contribution in [2.45, 2.75) is 26.4 Å². The number of likely N-dealkylation sites (N-methyl/N-ethyl adjacent to an activating group) is 2. The van der Waals surface area contributed by atoms with Gasteiger partial charge in [0, 0.05) is 20.1 Å². The molecule has 0 aliphatic heterocycles. The Morgan fingerprint density at radius 3 is 2.44 bits per heavy atom. The highest BCUT2D eigenvalue weighted by Gasteiger charge is 2.18. The predicted octanol–water partition coefficient (Wildman–Crippen LogP) is 1.09. The summed E-state index contributed by atoms with van der Waals surface area (Å²) in [5, 5.41) is 2.98. The second kappa shape index (κ2) is 7.46. The lowest BCUT2D eigenvalue weighted by Crippen LogP contribution is -2.36. The Labute approximate surface area is 98.1 Å². The Morgan fingerprint density at radius 2 is 1.94 bits per heavy atom. The minimum Gasteiger partial charge on any atom is -0.444 e. The molecule has 0 saturated carbocycles. The van der Waals surface area contributed by atoms with Crippen LogP contribution in [0.5, 0.6) is 0 Å². The first-order valence-electron chi connectivity index (χ1n) is 5.53. The van der Waals surface area contributed by atoms with E-state index in [2.05, 4.69) is 5.32 Å². The van der Waals surface area contributed by atoms with E-state index in [1.165, 1.54) is 4.90 Å². The van der Waals surface area contributed by atoms with E-state index in [9.17, 15) is 4.79 Å². The van der Waals surface area contributed by atoms with Crippen molar-refractivity contribution in [1.82, 2.24) is 10.2 Å². The van der Waals surface area contributed by atoms with Gasteiger partial charge in [-0.2, -0.15) is 0 Å². The third kappa shape index (κ3) is 8.49. The second-order valence-electron chi connectivity index (χ2n) is 4.62. The van der Waals surface area contributed by atoms with Gasteiger partial charge in [-0.05, 0) is 27.8 Å². The van der Waals surface area contributed by atoms with Crippen molar-refractivity contribution in [3.05, 3.63) is 0 Å². The van der Waals surface area contributed by atoms with Gasteiger partial charge in [0.2, 0.25) is 0 Å². The maximum absolute atomic E-state index is 11.5. The maximum Gasteiger partial charge on any atom is 0.410 e. The molecule has 0 aromatic heterocycles. The van der Waals surface area contributed by atoms with Crippen LogP contribution < -0.4 is 5.32 Å². The molecule has 0 heterocycles. The van der Waals surface area contributed by atoms with E-state index in [4.69, 9.17) is 9.47 Å². The summed E-state index contributed by atoms with van der Waals surface area (Å²) >= 11 is 0. The lowest BCUT2D eigenvalue weighted by atomic mass is 10.2. The van der Waals surface area contributed by atoms with Crippen molar-refractivity contribution < 1.29 is 14.3 Å². The van der Waals surface area contributed by atoms with Gasteiger partial charge < -0.3 is 19.7 Å². The number of amides is 1. The van der Waals surface area contributed by atoms with Gasteiger partial charge in [0.25, 0.3) is 0 Å². The monoisotopic (exact) mass is 232 g/mol. The molecule has 0 aromatic rings. The molecular weight excluding hydrogens is 208 g/mol. The number of carbonyl (C=O) groups excluding carboxylic acids is 1. The highest BCUT2D eigenvalue weighted by Crippen LogP contribution is 2.08. The SMILES string of the molecule is CNCCOCCN(C)C(=O)OC(C)(C)C. The summed E-state index contributed by atoms with van der Waals surface area (Å²) in [6.07, 6.45) is -0.315. The van der Waals surface area contributed by atoms with Crippen molar-refractivity contribution in [3.63, 3.8) is 0 Å². The molecule has 1 N–H and O–H groups in total. The summed E-state index contributed by atoms with van der Waals surface area (Å²) in [5.41, 5.74) is -0.446. The zero-order valence-electron chi connectivity index (χ0n) is 11.0. The van der Waals surface area contributed by atoms with E-state index in [0.717, 1.165) is 6.54 Å². The van der Waals surface area contributed by atoms with E-state index in [1.54, 1.807) is 7.05 Å². The summed E-state index contributed by atoms with van der Waals surface area (Å²) in [7, 11) is 3.58. The van der Waals surface area contributed by atoms with Gasteiger partial charge in [-0.1, -0.05) is 0 Å². The average molecular weight is 232 g/mol. The average Bonchev–Trinajstić information content (AvgIpc) is 2.14. The van der Waals surface area contributed by atoms with Gasteiger partial charge >= 0.3 is 6.09 Å². The van der Waals surface area contributed by atoms with Crippen LogP contribution in [-0.2, 0) is 9.47 Å². The quantitative estimate of drug-likeness (QED) is 0.696. The van der Waals surface area contributed by atoms with Crippen LogP contribution in [0.2, 0.25) is 0 Å². The zero-order valence-corrected chi connectivity index (χ0v) is 11.0. The maximum atomic E-state index is 11.5. The molecule has 5 nitrogen and oxygen atoms in total. The van der Waals surface area contributed by atoms with Crippen molar-refractivity contribution in [2.75, 3.05) is 40.4 Å². The Morgan fingerprint density at radius 1 is 1.31 bits per heavy atom. The molecule has 0 aliphatic carbocycles. The summed E-state index contributed by atoms with van der Waals surface area (Å²) in [5.74, 6) is 0. The molecule has 0 bridgehead atoms. The number of nitrogens with zero attached hydrogens (tertiary/aromatic N) is 1. The van der Waals surface area contributed by atoms with Crippen LogP contribution in [0.4, 0.5) is 4.79 Å². The minimum atomic E-state index is -0.446. The van der Waals surface area contributed by atoms with Crippen molar-refractivity contribution in [2.24, 2.45) is 0 Å². The molecule has 0 aromatic carbocycles. The third-order valence-electron chi connectivity index (χ3n) is 1.77. The molecule has 0 saturated heterocycles. The Kier molecular flexibility index (Phi) is 7.08. The number of ether oxygens (including phenoxy) is 2. The fraction of sp³-hybridized carbons (Fsp3) is 0.909. The number of carbonyl (C=O) groups is 1. The topological polar surface area (TPSA) is 50.8 Å². The number of rotatable bonds is 6. The fourth-order valence-corrected chi connectivity index (χ4v) is 0.909. The van der Waals surface area contributed by atoms with Gasteiger partial charge in [0.1, 0.15) is 5.60 Å². The molecule has 0 spiro atoms. The molecular formula is C11H24N2O3. The Balaban J connectivity index is 3.64. The van der Waals surface area contributed by atoms with E-state index in [-0.39, 0.29) is 6.09 Å². The van der Waals surface area contributed by atoms with Gasteiger partial charge in [-0.25, -0.2) is 4.79 Å². The first kappa shape index (κ1) is 15.2. The lowest BCUT2D eigenvalue weighted by molar-refractivity contribution is 0.0234. The van der Waals surface area contributed by atoms with Crippen molar-refractivity contribution in [1.29, 1.82) is 0 Å². The molecule has 0 unspecified atom stereocenters. The highest BCUT2D eigenvalue weighted by atomic mass is 16.6. The van der Waals surface area contributed by atoms with Crippen LogP contribution in [-0.4, -0.2) is 57.0 Å². The molecule has 0 rings (SSSR count). The lowest BCUT2D eigenvalue weighted by Gasteiger charge is -2.24. The molecule has 0 atom stereocenters. The summed E-state index contributed by atoms with van der Waals surface area (Å²) in [4.78, 5) is 13.0. The molecule has 0 fully saturated rings. The number of nitrogens with one attached hydrogen (secondary N) is 1. The van der Waals surface area contributed by atoms with Crippen molar-refractivity contribution >= 4 is 6.09 Å². The molecule has 5 heteroatoms. The molecule has 0 aliphatic rings. The van der Waals surface area contributed by atoms with E-state index < -0.39 is 5.60 Å². The summed E-state index contributed by atoms with van der Waals surface area (Å²) in [6, 6.07) is 0. The van der Waals surface area contributed by atoms with Crippen LogP contribution in [0, 0.1) is 0 Å². The van der Waals surface area contributed by atoms with Gasteiger partial charge in [-0.3, -0.25) is 0 Å². The molecule has 96 valence electrons. The van der Waals surface area contributed by atoms with E-state index in [0.29, 0.717) is 19.8 Å². The van der Waals surface area contributed by atoms with E-state index >= 15 is 0 Å². The first-order chi connectivity index (χ1) is 7.37. The fourth-order valence-electron chi connectivity index (χ4n) is 0.909. The second-order valence-corrected chi connectivity index (χ2v) is 4.62. The molecule has 1 amide bonds. The standard InChI is InChI=1S/C11H24N2O3/c1-11(2,3)16-10(14)13(5)7-9-15-8-6-12-4/h12H,6-9H2,1-5H3. The minimum absolute atomic E-state index is 0.315. The largest absolute Gasteiger partial charge is 0.444 e. The summed E-state index contributed by atoms with van der Waals surface area (Å²) in [6.45, 7) is 8.08. The normalized spacial score (nSPS) is 11.3. The van der Waals surface area contributed by atoms with Gasteiger partial charge in [-0.15, -0.1) is 0 Å². The van der Waals surface area contributed by atoms with Crippen LogP contribution in [0.15, 0.2) is 0 Å². The number of hydrogen-bond donors (Lipinski definition) is 1. The van der Waals surface area contributed by atoms with Crippen LogP contribution in [0.1, 0.15) is 20.8 Å². The highest BCUT2D eigenvalue weighted by molar-refractivity contribution is 5.67. The van der Waals surface area contributed by atoms with Crippen molar-refractivity contribution in [3.8, 4) is 0 Å². The van der Waals surface area contributed by atoms with Gasteiger partial charge in [0.05, 0.1) is 13.2 Å². The number of hydrogen-bond acceptors (Lipinski definition) is 4. The predicted molar refractivity (Wildman–Crippen MR) is 63.6 cm³/mol. The Bertz CT molecular complexity index is 202. The van der Waals surface area contributed by atoms with E-state index in [1.807, 2.05) is 27.8 Å². The first-order valence-corrected chi connectivity index (χ1v) is 5.53. The Hall–Kier alpha value is -0.810. The van der Waals surface area contributed by atoms with Crippen LogP contribution in [0.25, 0.3) is 0 Å². The smallest absolute Gasteiger partial charge is 0.410 e. The molecule has 0 radical (unpaired) electrons. The zero-order chi connectivity index (χ0) is 12.6. The molecule has 16 heavy (non-hydrogen) atoms. The van der Waals surface area contributed by atoms with Crippen LogP contribution >= 0.6 is 0 Å². The van der Waals surface area contributed by atoms with Crippen LogP contribution in [0.3, 0.4) is 0 Å². The summed E-state index contributed by atoms with van der Waals surface area (Å²) < 4.78 is 10.5. The van der Waals surface area contributed by atoms with Gasteiger partial charge in [0.15, 0.2) is 0 Å².